The Morgan fingerprint density at radius 2 is 2.11 bits per heavy atom. The van der Waals surface area contributed by atoms with Gasteiger partial charge in [-0.2, -0.15) is 0 Å². The topological polar surface area (TPSA) is 28.2 Å². The molecule has 106 valence electrons. The second-order valence-corrected chi connectivity index (χ2v) is 5.92. The summed E-state index contributed by atoms with van der Waals surface area (Å²) < 4.78 is 0. The Bertz CT molecular complexity index is 391. The summed E-state index contributed by atoms with van der Waals surface area (Å²) in [6.07, 6.45) is 2.49. The Hall–Kier alpha value is -0.930. The van der Waals surface area contributed by atoms with E-state index in [0.29, 0.717) is 6.04 Å². The first-order valence-electron chi connectivity index (χ1n) is 7.58. The van der Waals surface area contributed by atoms with Crippen molar-refractivity contribution in [3.05, 3.63) is 29.6 Å². The fraction of sp³-hybridized carbons (Fsp3) is 0.688. The van der Waals surface area contributed by atoms with Crippen molar-refractivity contribution in [1.82, 2.24) is 15.2 Å². The summed E-state index contributed by atoms with van der Waals surface area (Å²) in [6, 6.07) is 7.09. The number of aromatic nitrogens is 1. The molecule has 2 heterocycles. The third-order valence-corrected chi connectivity index (χ3v) is 3.88. The number of likely N-dealkylation sites (tertiary alicyclic amines) is 1. The second-order valence-electron chi connectivity index (χ2n) is 5.92. The van der Waals surface area contributed by atoms with Gasteiger partial charge in [0.2, 0.25) is 0 Å². The van der Waals surface area contributed by atoms with E-state index in [-0.39, 0.29) is 0 Å². The maximum atomic E-state index is 4.76. The lowest BCUT2D eigenvalue weighted by Gasteiger charge is -2.20. The monoisotopic (exact) mass is 261 g/mol. The summed E-state index contributed by atoms with van der Waals surface area (Å²) in [5, 5.41) is 3.41. The van der Waals surface area contributed by atoms with Gasteiger partial charge in [0.05, 0.1) is 11.4 Å². The Morgan fingerprint density at radius 3 is 2.79 bits per heavy atom. The van der Waals surface area contributed by atoms with E-state index in [2.05, 4.69) is 49.2 Å². The van der Waals surface area contributed by atoms with Crippen molar-refractivity contribution >= 4 is 0 Å². The molecule has 1 aliphatic rings. The van der Waals surface area contributed by atoms with Crippen molar-refractivity contribution < 1.29 is 0 Å². The van der Waals surface area contributed by atoms with E-state index in [1.54, 1.807) is 0 Å². The van der Waals surface area contributed by atoms with Crippen molar-refractivity contribution in [1.29, 1.82) is 0 Å². The molecule has 1 fully saturated rings. The smallest absolute Gasteiger partial charge is 0.0547 e. The van der Waals surface area contributed by atoms with Crippen LogP contribution in [-0.2, 0) is 13.1 Å². The van der Waals surface area contributed by atoms with Crippen molar-refractivity contribution in [2.24, 2.45) is 5.92 Å². The van der Waals surface area contributed by atoms with E-state index in [1.807, 2.05) is 0 Å². The molecule has 0 aromatic carbocycles. The number of hydrogen-bond donors (Lipinski definition) is 1. The summed E-state index contributed by atoms with van der Waals surface area (Å²) in [5.41, 5.74) is 2.36. The number of nitrogens with one attached hydrogen (secondary N) is 1. The standard InChI is InChI=1S/C16H27N3/c1-4-8-17-10-15-6-5-7-16(18-15)12-19-11-13(2)9-14(19)3/h5-7,13-14,17H,4,8-12H2,1-3H3. The summed E-state index contributed by atoms with van der Waals surface area (Å²) in [7, 11) is 0. The van der Waals surface area contributed by atoms with E-state index < -0.39 is 0 Å². The third kappa shape index (κ3) is 4.29. The third-order valence-electron chi connectivity index (χ3n) is 3.88. The van der Waals surface area contributed by atoms with Crippen LogP contribution in [0, 0.1) is 5.92 Å². The predicted molar refractivity (Wildman–Crippen MR) is 79.9 cm³/mol. The van der Waals surface area contributed by atoms with Crippen LogP contribution in [0.3, 0.4) is 0 Å². The molecule has 0 saturated carbocycles. The highest BCUT2D eigenvalue weighted by Gasteiger charge is 2.26. The molecule has 1 saturated heterocycles. The lowest BCUT2D eigenvalue weighted by molar-refractivity contribution is 0.253. The quantitative estimate of drug-likeness (QED) is 0.798. The van der Waals surface area contributed by atoms with Gasteiger partial charge in [-0.15, -0.1) is 0 Å². The van der Waals surface area contributed by atoms with Crippen LogP contribution in [0.2, 0.25) is 0 Å². The molecule has 0 bridgehead atoms. The van der Waals surface area contributed by atoms with Gasteiger partial charge in [-0.25, -0.2) is 0 Å². The van der Waals surface area contributed by atoms with E-state index in [0.717, 1.165) is 31.2 Å². The van der Waals surface area contributed by atoms with E-state index >= 15 is 0 Å². The molecule has 2 unspecified atom stereocenters. The van der Waals surface area contributed by atoms with Gasteiger partial charge >= 0.3 is 0 Å². The van der Waals surface area contributed by atoms with Crippen LogP contribution in [0.5, 0.6) is 0 Å². The highest BCUT2D eigenvalue weighted by Crippen LogP contribution is 2.23. The zero-order chi connectivity index (χ0) is 13.7. The lowest BCUT2D eigenvalue weighted by Crippen LogP contribution is -2.27. The van der Waals surface area contributed by atoms with Crippen LogP contribution in [0.15, 0.2) is 18.2 Å². The average molecular weight is 261 g/mol. The lowest BCUT2D eigenvalue weighted by atomic mass is 10.1. The Balaban J connectivity index is 1.91. The molecule has 2 rings (SSSR count). The van der Waals surface area contributed by atoms with Gasteiger partial charge in [-0.3, -0.25) is 9.88 Å². The number of nitrogens with zero attached hydrogens (tertiary/aromatic N) is 2. The molecular formula is C16H27N3. The summed E-state index contributed by atoms with van der Waals surface area (Å²) in [6.45, 7) is 11.0. The van der Waals surface area contributed by atoms with Crippen LogP contribution >= 0.6 is 0 Å². The molecule has 1 N–H and O–H groups in total. The van der Waals surface area contributed by atoms with Gasteiger partial charge in [-0.05, 0) is 44.4 Å². The highest BCUT2D eigenvalue weighted by atomic mass is 15.2. The van der Waals surface area contributed by atoms with Gasteiger partial charge in [0.15, 0.2) is 0 Å². The zero-order valence-corrected chi connectivity index (χ0v) is 12.5. The zero-order valence-electron chi connectivity index (χ0n) is 12.5. The van der Waals surface area contributed by atoms with Gasteiger partial charge in [0.25, 0.3) is 0 Å². The fourth-order valence-corrected chi connectivity index (χ4v) is 2.92. The average Bonchev–Trinajstić information content (AvgIpc) is 2.69. The van der Waals surface area contributed by atoms with Crippen LogP contribution < -0.4 is 5.32 Å². The van der Waals surface area contributed by atoms with Gasteiger partial charge in [-0.1, -0.05) is 19.9 Å². The molecule has 0 amide bonds. The van der Waals surface area contributed by atoms with E-state index in [1.165, 1.54) is 25.1 Å². The highest BCUT2D eigenvalue weighted by molar-refractivity contribution is 5.11. The minimum atomic E-state index is 0.693. The molecule has 2 atom stereocenters. The Morgan fingerprint density at radius 1 is 1.32 bits per heavy atom. The predicted octanol–water partition coefficient (Wildman–Crippen LogP) is 2.81. The van der Waals surface area contributed by atoms with Gasteiger partial charge < -0.3 is 5.32 Å². The molecule has 0 spiro atoms. The Labute approximate surface area is 117 Å². The molecule has 1 aromatic rings. The SMILES string of the molecule is CCCNCc1cccc(CN2CC(C)CC2C)n1. The molecule has 1 aromatic heterocycles. The molecule has 3 heteroatoms. The maximum absolute atomic E-state index is 4.76. The van der Waals surface area contributed by atoms with Crippen LogP contribution in [0.4, 0.5) is 0 Å². The number of pyridine rings is 1. The fourth-order valence-electron chi connectivity index (χ4n) is 2.92. The first-order valence-corrected chi connectivity index (χ1v) is 7.58. The van der Waals surface area contributed by atoms with Crippen molar-refractivity contribution in [3.8, 4) is 0 Å². The molecule has 19 heavy (non-hydrogen) atoms. The molecular weight excluding hydrogens is 234 g/mol. The summed E-state index contributed by atoms with van der Waals surface area (Å²) in [5.74, 6) is 0.824. The number of hydrogen-bond acceptors (Lipinski definition) is 3. The molecule has 0 aliphatic carbocycles. The van der Waals surface area contributed by atoms with E-state index in [4.69, 9.17) is 4.98 Å². The molecule has 3 nitrogen and oxygen atoms in total. The minimum absolute atomic E-state index is 0.693. The summed E-state index contributed by atoms with van der Waals surface area (Å²) >= 11 is 0. The van der Waals surface area contributed by atoms with Crippen molar-refractivity contribution in [2.75, 3.05) is 13.1 Å². The minimum Gasteiger partial charge on any atom is -0.311 e. The summed E-state index contributed by atoms with van der Waals surface area (Å²) in [4.78, 5) is 7.32. The molecule has 0 radical (unpaired) electrons. The van der Waals surface area contributed by atoms with Crippen LogP contribution in [0.25, 0.3) is 0 Å². The Kier molecular flexibility index (Phi) is 5.34. The number of rotatable bonds is 6. The largest absolute Gasteiger partial charge is 0.311 e. The normalized spacial score (nSPS) is 23.9. The maximum Gasteiger partial charge on any atom is 0.0547 e. The first kappa shape index (κ1) is 14.5. The van der Waals surface area contributed by atoms with Crippen molar-refractivity contribution in [3.63, 3.8) is 0 Å². The van der Waals surface area contributed by atoms with Gasteiger partial charge in [0.1, 0.15) is 0 Å². The van der Waals surface area contributed by atoms with Gasteiger partial charge in [0, 0.05) is 25.7 Å². The molecule has 1 aliphatic heterocycles. The first-order chi connectivity index (χ1) is 9.19. The van der Waals surface area contributed by atoms with Crippen molar-refractivity contribution in [2.45, 2.75) is 52.7 Å². The van der Waals surface area contributed by atoms with Crippen LogP contribution in [0.1, 0.15) is 45.0 Å². The second kappa shape index (κ2) is 7.01. The van der Waals surface area contributed by atoms with E-state index in [9.17, 15) is 0 Å². The van der Waals surface area contributed by atoms with Crippen LogP contribution in [-0.4, -0.2) is 29.0 Å².